The van der Waals surface area contributed by atoms with Crippen molar-refractivity contribution in [3.63, 3.8) is 0 Å². The number of methoxy groups -OCH3 is 1. The smallest absolute Gasteiger partial charge is 0.358 e. The number of hydrogen-bond acceptors (Lipinski definition) is 5. The van der Waals surface area contributed by atoms with Crippen LogP contribution in [0, 0.1) is 0 Å². The molecule has 3 aromatic rings. The molecule has 0 fully saturated rings. The van der Waals surface area contributed by atoms with E-state index in [2.05, 4.69) is 4.98 Å². The third kappa shape index (κ3) is 3.05. The largest absolute Gasteiger partial charge is 0.464 e. The fourth-order valence-electron chi connectivity index (χ4n) is 2.15. The molecular weight excluding hydrogens is 310 g/mol. The summed E-state index contributed by atoms with van der Waals surface area (Å²) in [5.74, 6) is -0.754. The van der Waals surface area contributed by atoms with Gasteiger partial charge < -0.3 is 4.74 Å². The van der Waals surface area contributed by atoms with E-state index < -0.39 is 5.97 Å². The molecule has 0 radical (unpaired) electrons. The van der Waals surface area contributed by atoms with Gasteiger partial charge in [0.15, 0.2) is 10.7 Å². The molecule has 1 heterocycles. The van der Waals surface area contributed by atoms with Crippen LogP contribution in [0.15, 0.2) is 60.7 Å². The first-order chi connectivity index (χ1) is 11.2. The summed E-state index contributed by atoms with van der Waals surface area (Å²) < 4.78 is 4.79. The highest BCUT2D eigenvalue weighted by Crippen LogP contribution is 2.31. The van der Waals surface area contributed by atoms with Gasteiger partial charge in [0.05, 0.1) is 12.0 Å². The standard InChI is InChI=1S/C18H13NO3S/c1-22-18(21)14-16(13-10-6-3-7-11-13)23-17(19-14)15(20)12-8-4-2-5-9-12/h2-11H,1H3. The molecule has 0 saturated heterocycles. The lowest BCUT2D eigenvalue weighted by Gasteiger charge is -1.99. The van der Waals surface area contributed by atoms with E-state index in [-0.39, 0.29) is 16.5 Å². The summed E-state index contributed by atoms with van der Waals surface area (Å²) in [7, 11) is 1.30. The number of benzene rings is 2. The lowest BCUT2D eigenvalue weighted by atomic mass is 10.1. The van der Waals surface area contributed by atoms with Crippen LogP contribution in [0.2, 0.25) is 0 Å². The predicted octanol–water partition coefficient (Wildman–Crippen LogP) is 3.83. The fraction of sp³-hybridized carbons (Fsp3) is 0.0556. The predicted molar refractivity (Wildman–Crippen MR) is 88.8 cm³/mol. The molecule has 0 aliphatic rings. The van der Waals surface area contributed by atoms with Gasteiger partial charge in [0.1, 0.15) is 0 Å². The van der Waals surface area contributed by atoms with E-state index in [1.807, 2.05) is 36.4 Å². The topological polar surface area (TPSA) is 56.3 Å². The molecule has 0 bridgehead atoms. The van der Waals surface area contributed by atoms with Gasteiger partial charge in [-0.2, -0.15) is 0 Å². The van der Waals surface area contributed by atoms with Crippen molar-refractivity contribution in [1.82, 2.24) is 4.98 Å². The second-order valence-electron chi connectivity index (χ2n) is 4.75. The average Bonchev–Trinajstić information content (AvgIpc) is 3.07. The van der Waals surface area contributed by atoms with Crippen LogP contribution < -0.4 is 0 Å². The molecule has 3 rings (SSSR count). The van der Waals surface area contributed by atoms with Gasteiger partial charge in [-0.05, 0) is 5.56 Å². The summed E-state index contributed by atoms with van der Waals surface area (Å²) in [5.41, 5.74) is 1.54. The van der Waals surface area contributed by atoms with Crippen LogP contribution in [-0.4, -0.2) is 23.8 Å². The second kappa shape index (κ2) is 6.54. The minimum Gasteiger partial charge on any atom is -0.464 e. The van der Waals surface area contributed by atoms with Crippen LogP contribution in [0.4, 0.5) is 0 Å². The summed E-state index contributed by atoms with van der Waals surface area (Å²) in [5, 5.41) is 0.274. The SMILES string of the molecule is COC(=O)c1nc(C(=O)c2ccccc2)sc1-c1ccccc1. The zero-order chi connectivity index (χ0) is 16.2. The molecular formula is C18H13NO3S. The van der Waals surface area contributed by atoms with Gasteiger partial charge in [0.2, 0.25) is 5.78 Å². The Morgan fingerprint density at radius 2 is 1.57 bits per heavy atom. The number of rotatable bonds is 4. The van der Waals surface area contributed by atoms with E-state index in [0.717, 1.165) is 5.56 Å². The van der Waals surface area contributed by atoms with Crippen molar-refractivity contribution in [2.24, 2.45) is 0 Å². The maximum Gasteiger partial charge on any atom is 0.358 e. The number of esters is 1. The minimum absolute atomic E-state index is 0.169. The molecule has 5 heteroatoms. The second-order valence-corrected chi connectivity index (χ2v) is 5.75. The first-order valence-corrected chi connectivity index (χ1v) is 7.76. The van der Waals surface area contributed by atoms with Crippen molar-refractivity contribution >= 4 is 23.1 Å². The van der Waals surface area contributed by atoms with Crippen molar-refractivity contribution < 1.29 is 14.3 Å². The Morgan fingerprint density at radius 1 is 0.957 bits per heavy atom. The molecule has 2 aromatic carbocycles. The lowest BCUT2D eigenvalue weighted by molar-refractivity contribution is 0.0596. The van der Waals surface area contributed by atoms with Crippen LogP contribution in [0.1, 0.15) is 25.9 Å². The summed E-state index contributed by atoms with van der Waals surface area (Å²) in [6.45, 7) is 0. The van der Waals surface area contributed by atoms with Crippen LogP contribution in [0.3, 0.4) is 0 Å². The molecule has 0 spiro atoms. The van der Waals surface area contributed by atoms with Gasteiger partial charge in [0.25, 0.3) is 0 Å². The maximum absolute atomic E-state index is 12.5. The maximum atomic E-state index is 12.5. The number of nitrogens with zero attached hydrogens (tertiary/aromatic N) is 1. The Hall–Kier alpha value is -2.79. The van der Waals surface area contributed by atoms with Crippen molar-refractivity contribution in [2.75, 3.05) is 7.11 Å². The van der Waals surface area contributed by atoms with Crippen LogP contribution in [0.25, 0.3) is 10.4 Å². The Labute approximate surface area is 137 Å². The van der Waals surface area contributed by atoms with Crippen LogP contribution in [0.5, 0.6) is 0 Å². The van der Waals surface area contributed by atoms with Crippen molar-refractivity contribution in [3.8, 4) is 10.4 Å². The number of hydrogen-bond donors (Lipinski definition) is 0. The number of aromatic nitrogens is 1. The average molecular weight is 323 g/mol. The Morgan fingerprint density at radius 3 is 2.17 bits per heavy atom. The highest BCUT2D eigenvalue weighted by molar-refractivity contribution is 7.17. The minimum atomic E-state index is -0.549. The van der Waals surface area contributed by atoms with Gasteiger partial charge in [0, 0.05) is 5.56 Å². The Bertz CT molecular complexity index is 841. The quantitative estimate of drug-likeness (QED) is 0.541. The molecule has 114 valence electrons. The van der Waals surface area contributed by atoms with Crippen LogP contribution >= 0.6 is 11.3 Å². The van der Waals surface area contributed by atoms with E-state index in [4.69, 9.17) is 4.74 Å². The molecule has 0 unspecified atom stereocenters. The van der Waals surface area contributed by atoms with Gasteiger partial charge in [-0.1, -0.05) is 60.7 Å². The first-order valence-electron chi connectivity index (χ1n) is 6.95. The highest BCUT2D eigenvalue weighted by Gasteiger charge is 2.23. The third-order valence-electron chi connectivity index (χ3n) is 3.27. The lowest BCUT2D eigenvalue weighted by Crippen LogP contribution is -2.05. The number of carbonyl (C=O) groups is 2. The molecule has 0 aliphatic heterocycles. The highest BCUT2D eigenvalue weighted by atomic mass is 32.1. The summed E-state index contributed by atoms with van der Waals surface area (Å²) >= 11 is 1.20. The van der Waals surface area contributed by atoms with E-state index >= 15 is 0 Å². The van der Waals surface area contributed by atoms with Gasteiger partial charge >= 0.3 is 5.97 Å². The van der Waals surface area contributed by atoms with E-state index in [0.29, 0.717) is 10.4 Å². The summed E-state index contributed by atoms with van der Waals surface area (Å²) in [4.78, 5) is 29.4. The molecule has 0 amide bonds. The van der Waals surface area contributed by atoms with Gasteiger partial charge in [-0.3, -0.25) is 4.79 Å². The normalized spacial score (nSPS) is 10.3. The van der Waals surface area contributed by atoms with E-state index in [9.17, 15) is 9.59 Å². The van der Waals surface area contributed by atoms with Crippen molar-refractivity contribution in [3.05, 3.63) is 76.9 Å². The summed E-state index contributed by atoms with van der Waals surface area (Å²) in [6.07, 6.45) is 0. The monoisotopic (exact) mass is 323 g/mol. The molecule has 0 N–H and O–H groups in total. The number of ketones is 1. The van der Waals surface area contributed by atoms with Gasteiger partial charge in [-0.25, -0.2) is 9.78 Å². The molecule has 0 aliphatic carbocycles. The number of carbonyl (C=O) groups excluding carboxylic acids is 2. The zero-order valence-corrected chi connectivity index (χ0v) is 13.2. The molecule has 4 nitrogen and oxygen atoms in total. The number of thiazole rings is 1. The number of ether oxygens (including phenoxy) is 1. The molecule has 0 atom stereocenters. The Kier molecular flexibility index (Phi) is 4.30. The Balaban J connectivity index is 2.09. The molecule has 0 saturated carbocycles. The fourth-order valence-corrected chi connectivity index (χ4v) is 3.17. The van der Waals surface area contributed by atoms with E-state index in [1.54, 1.807) is 24.3 Å². The summed E-state index contributed by atoms with van der Waals surface area (Å²) in [6, 6.07) is 18.2. The van der Waals surface area contributed by atoms with Crippen molar-refractivity contribution in [2.45, 2.75) is 0 Å². The van der Waals surface area contributed by atoms with Gasteiger partial charge in [-0.15, -0.1) is 11.3 Å². The molecule has 1 aromatic heterocycles. The van der Waals surface area contributed by atoms with Crippen molar-refractivity contribution in [1.29, 1.82) is 0 Å². The molecule has 23 heavy (non-hydrogen) atoms. The zero-order valence-electron chi connectivity index (χ0n) is 12.4. The third-order valence-corrected chi connectivity index (χ3v) is 4.38. The van der Waals surface area contributed by atoms with Crippen LogP contribution in [-0.2, 0) is 4.74 Å². The first kappa shape index (κ1) is 15.1. The van der Waals surface area contributed by atoms with E-state index in [1.165, 1.54) is 18.4 Å².